The Morgan fingerprint density at radius 1 is 1.12 bits per heavy atom. The van der Waals surface area contributed by atoms with Crippen molar-refractivity contribution in [3.63, 3.8) is 0 Å². The third kappa shape index (κ3) is 5.38. The summed E-state index contributed by atoms with van der Waals surface area (Å²) in [6.07, 6.45) is 6.70. The van der Waals surface area contributed by atoms with Crippen LogP contribution < -0.4 is 14.8 Å². The zero-order chi connectivity index (χ0) is 24.1. The van der Waals surface area contributed by atoms with Gasteiger partial charge in [0, 0.05) is 24.6 Å². The zero-order valence-electron chi connectivity index (χ0n) is 18.4. The Morgan fingerprint density at radius 2 is 1.97 bits per heavy atom. The summed E-state index contributed by atoms with van der Waals surface area (Å²) in [5.41, 5.74) is 1.17. The molecule has 1 aromatic heterocycles. The second kappa shape index (κ2) is 10.4. The number of nitrogens with zero attached hydrogens (tertiary/aromatic N) is 3. The monoisotopic (exact) mass is 472 g/mol. The number of benzene rings is 2. The topological polar surface area (TPSA) is 78.3 Å². The van der Waals surface area contributed by atoms with E-state index in [-0.39, 0.29) is 17.2 Å². The Labute approximate surface area is 194 Å². The van der Waals surface area contributed by atoms with Crippen molar-refractivity contribution in [2.75, 3.05) is 12.4 Å². The van der Waals surface area contributed by atoms with E-state index in [0.29, 0.717) is 17.0 Å². The Morgan fingerprint density at radius 3 is 2.76 bits per heavy atom. The highest BCUT2D eigenvalue weighted by Gasteiger charge is 2.17. The Bertz CT molecular complexity index is 1210. The van der Waals surface area contributed by atoms with Crippen molar-refractivity contribution >= 4 is 17.7 Å². The first-order valence-corrected chi connectivity index (χ1v) is 10.8. The maximum Gasteiger partial charge on any atom is 0.387 e. The summed E-state index contributed by atoms with van der Waals surface area (Å²) < 4.78 is 50.8. The summed E-state index contributed by atoms with van der Waals surface area (Å²) >= 11 is 0. The summed E-state index contributed by atoms with van der Waals surface area (Å²) in [5, 5.41) is 11.1. The van der Waals surface area contributed by atoms with E-state index >= 15 is 0 Å². The molecule has 34 heavy (non-hydrogen) atoms. The van der Waals surface area contributed by atoms with Crippen LogP contribution in [0.15, 0.2) is 42.5 Å². The fourth-order valence-corrected chi connectivity index (χ4v) is 3.79. The van der Waals surface area contributed by atoms with Crippen LogP contribution in [0.4, 0.5) is 18.9 Å². The van der Waals surface area contributed by atoms with E-state index in [1.54, 1.807) is 6.07 Å². The van der Waals surface area contributed by atoms with E-state index in [0.717, 1.165) is 38.1 Å². The lowest BCUT2D eigenvalue weighted by Gasteiger charge is -2.10. The number of aromatic nitrogens is 3. The molecule has 0 saturated heterocycles. The van der Waals surface area contributed by atoms with Gasteiger partial charge in [0.1, 0.15) is 11.6 Å². The zero-order valence-corrected chi connectivity index (χ0v) is 18.4. The van der Waals surface area contributed by atoms with Crippen molar-refractivity contribution in [2.24, 2.45) is 0 Å². The molecule has 1 amide bonds. The van der Waals surface area contributed by atoms with Crippen molar-refractivity contribution < 1.29 is 27.4 Å². The third-order valence-corrected chi connectivity index (χ3v) is 5.42. The number of fused-ring (bicyclic) bond motifs is 1. The number of nitrogens with one attached hydrogen (secondary N) is 1. The fraction of sp³-hybridized carbons (Fsp3) is 0.292. The molecule has 0 fully saturated rings. The lowest BCUT2D eigenvalue weighted by molar-refractivity contribution is -0.111. The molecule has 1 N–H and O–H groups in total. The summed E-state index contributed by atoms with van der Waals surface area (Å²) in [5.74, 6) is 0.365. The third-order valence-electron chi connectivity index (χ3n) is 5.42. The van der Waals surface area contributed by atoms with Gasteiger partial charge < -0.3 is 19.4 Å². The number of ether oxygens (including phenoxy) is 2. The number of halogens is 3. The molecule has 1 aliphatic rings. The van der Waals surface area contributed by atoms with Gasteiger partial charge in [-0.25, -0.2) is 4.39 Å². The van der Waals surface area contributed by atoms with E-state index in [9.17, 15) is 18.0 Å². The summed E-state index contributed by atoms with van der Waals surface area (Å²) in [4.78, 5) is 12.4. The Kier molecular flexibility index (Phi) is 7.15. The van der Waals surface area contributed by atoms with Gasteiger partial charge in [-0.2, -0.15) is 8.78 Å². The molecule has 0 spiro atoms. The van der Waals surface area contributed by atoms with Crippen molar-refractivity contribution in [3.05, 3.63) is 59.7 Å². The number of hydrogen-bond donors (Lipinski definition) is 1. The number of methoxy groups -OCH3 is 1. The first-order valence-electron chi connectivity index (χ1n) is 10.8. The molecular formula is C24H23F3N4O3. The first kappa shape index (κ1) is 23.3. The van der Waals surface area contributed by atoms with Gasteiger partial charge in [0.2, 0.25) is 5.91 Å². The van der Waals surface area contributed by atoms with E-state index in [1.165, 1.54) is 49.6 Å². The fourth-order valence-electron chi connectivity index (χ4n) is 3.79. The molecule has 10 heteroatoms. The molecule has 2 heterocycles. The van der Waals surface area contributed by atoms with Crippen LogP contribution in [0.2, 0.25) is 0 Å². The van der Waals surface area contributed by atoms with E-state index in [4.69, 9.17) is 4.74 Å². The molecule has 2 aromatic carbocycles. The predicted molar refractivity (Wildman–Crippen MR) is 120 cm³/mol. The molecule has 0 unspecified atom stereocenters. The van der Waals surface area contributed by atoms with Gasteiger partial charge in [-0.1, -0.05) is 12.5 Å². The van der Waals surface area contributed by atoms with Crippen molar-refractivity contribution in [1.82, 2.24) is 14.8 Å². The van der Waals surface area contributed by atoms with Crippen LogP contribution in [0.3, 0.4) is 0 Å². The van der Waals surface area contributed by atoms with Gasteiger partial charge in [-0.15, -0.1) is 10.2 Å². The minimum absolute atomic E-state index is 0.0105. The molecule has 0 radical (unpaired) electrons. The lowest BCUT2D eigenvalue weighted by atomic mass is 10.1. The van der Waals surface area contributed by atoms with Gasteiger partial charge >= 0.3 is 6.61 Å². The number of alkyl halides is 2. The number of anilines is 1. The maximum absolute atomic E-state index is 14.4. The van der Waals surface area contributed by atoms with E-state index < -0.39 is 18.3 Å². The minimum Gasteiger partial charge on any atom is -0.493 e. The van der Waals surface area contributed by atoms with Gasteiger partial charge in [0.25, 0.3) is 0 Å². The van der Waals surface area contributed by atoms with Gasteiger partial charge in [0.15, 0.2) is 17.3 Å². The van der Waals surface area contributed by atoms with Crippen LogP contribution in [0.5, 0.6) is 11.5 Å². The Balaban J connectivity index is 1.50. The quantitative estimate of drug-likeness (QED) is 0.486. The standard InChI is InChI=1S/C24H23F3N4O3/c1-33-20-13-15(6-10-19(20)34-24(26)27)7-11-22(32)28-18-14-16(8-9-17(18)25)23-30-29-21-5-3-2-4-12-31(21)23/h6-11,13-14,24H,2-5,12H2,1H3,(H,28,32)/b11-7+. The first-order chi connectivity index (χ1) is 16.4. The molecule has 3 aromatic rings. The second-order valence-electron chi connectivity index (χ2n) is 7.71. The van der Waals surface area contributed by atoms with Crippen LogP contribution in [0.25, 0.3) is 17.5 Å². The van der Waals surface area contributed by atoms with Crippen molar-refractivity contribution in [2.45, 2.75) is 38.8 Å². The van der Waals surface area contributed by atoms with Crippen LogP contribution in [-0.4, -0.2) is 34.4 Å². The summed E-state index contributed by atoms with van der Waals surface area (Å²) in [6.45, 7) is -2.19. The molecule has 1 aliphatic heterocycles. The highest BCUT2D eigenvalue weighted by Crippen LogP contribution is 2.30. The van der Waals surface area contributed by atoms with Crippen LogP contribution in [-0.2, 0) is 17.8 Å². The SMILES string of the molecule is COc1cc(/C=C/C(=O)Nc2cc(-c3nnc4n3CCCCC4)ccc2F)ccc1OC(F)F. The molecule has 0 bridgehead atoms. The normalized spacial score (nSPS) is 13.6. The van der Waals surface area contributed by atoms with Crippen LogP contribution >= 0.6 is 0 Å². The minimum atomic E-state index is -2.99. The number of hydrogen-bond acceptors (Lipinski definition) is 5. The van der Waals surface area contributed by atoms with Gasteiger partial charge in [-0.05, 0) is 54.8 Å². The van der Waals surface area contributed by atoms with E-state index in [2.05, 4.69) is 20.3 Å². The second-order valence-corrected chi connectivity index (χ2v) is 7.71. The van der Waals surface area contributed by atoms with Crippen LogP contribution in [0.1, 0.15) is 30.7 Å². The molecule has 7 nitrogen and oxygen atoms in total. The average molecular weight is 472 g/mol. The van der Waals surface area contributed by atoms with Crippen molar-refractivity contribution in [3.8, 4) is 22.9 Å². The molecule has 0 aliphatic carbocycles. The highest BCUT2D eigenvalue weighted by atomic mass is 19.3. The highest BCUT2D eigenvalue weighted by molar-refractivity contribution is 6.02. The Hall–Kier alpha value is -3.82. The lowest BCUT2D eigenvalue weighted by Crippen LogP contribution is -2.10. The molecule has 178 valence electrons. The smallest absolute Gasteiger partial charge is 0.387 e. The molecule has 0 atom stereocenters. The molecular weight excluding hydrogens is 449 g/mol. The summed E-state index contributed by atoms with van der Waals surface area (Å²) in [6, 6.07) is 8.66. The number of rotatable bonds is 7. The van der Waals surface area contributed by atoms with Crippen LogP contribution in [0, 0.1) is 5.82 Å². The number of carbonyl (C=O) groups is 1. The van der Waals surface area contributed by atoms with Gasteiger partial charge in [0.05, 0.1) is 12.8 Å². The molecule has 4 rings (SSSR count). The van der Waals surface area contributed by atoms with Crippen molar-refractivity contribution in [1.29, 1.82) is 0 Å². The van der Waals surface area contributed by atoms with Gasteiger partial charge in [-0.3, -0.25) is 4.79 Å². The van der Waals surface area contributed by atoms with E-state index in [1.807, 2.05) is 4.57 Å². The summed E-state index contributed by atoms with van der Waals surface area (Å²) in [7, 11) is 1.32. The number of aryl methyl sites for hydroxylation is 1. The number of amides is 1. The number of carbonyl (C=O) groups excluding carboxylic acids is 1. The maximum atomic E-state index is 14.4. The average Bonchev–Trinajstić information content (AvgIpc) is 3.07. The molecule has 0 saturated carbocycles. The largest absolute Gasteiger partial charge is 0.493 e. The predicted octanol–water partition coefficient (Wildman–Crippen LogP) is 5.07.